The molecule has 0 spiro atoms. The third-order valence-electron chi connectivity index (χ3n) is 2.33. The molecule has 4 heteroatoms. The van der Waals surface area contributed by atoms with Crippen molar-refractivity contribution in [2.45, 2.75) is 32.5 Å². The van der Waals surface area contributed by atoms with Crippen molar-refractivity contribution in [1.29, 1.82) is 0 Å². The van der Waals surface area contributed by atoms with Gasteiger partial charge in [-0.2, -0.15) is 8.78 Å². The highest BCUT2D eigenvalue weighted by Gasteiger charge is 2.09. The number of benzene rings is 1. The summed E-state index contributed by atoms with van der Waals surface area (Å²) in [6.07, 6.45) is 0.702. The predicted molar refractivity (Wildman–Crippen MR) is 62.1 cm³/mol. The van der Waals surface area contributed by atoms with E-state index >= 15 is 0 Å². The average Bonchev–Trinajstić information content (AvgIpc) is 2.26. The molecule has 0 fully saturated rings. The molecule has 1 rings (SSSR count). The standard InChI is InChI=1S/C13H16F2O2/c1-9(2)3-8-12(16)10-4-6-11(7-5-10)17-13(14)15/h4-7,12-13,16H,1,3,8H2,2H3. The minimum absolute atomic E-state index is 0.0934. The van der Waals surface area contributed by atoms with E-state index in [4.69, 9.17) is 0 Å². The highest BCUT2D eigenvalue weighted by atomic mass is 19.3. The first-order valence-electron chi connectivity index (χ1n) is 5.36. The quantitative estimate of drug-likeness (QED) is 0.771. The fourth-order valence-corrected chi connectivity index (χ4v) is 1.42. The number of rotatable bonds is 6. The summed E-state index contributed by atoms with van der Waals surface area (Å²) < 4.78 is 28.0. The monoisotopic (exact) mass is 242 g/mol. The van der Waals surface area contributed by atoms with Crippen molar-refractivity contribution in [3.8, 4) is 5.75 Å². The topological polar surface area (TPSA) is 29.5 Å². The summed E-state index contributed by atoms with van der Waals surface area (Å²) in [4.78, 5) is 0. The summed E-state index contributed by atoms with van der Waals surface area (Å²) in [6, 6.07) is 6.01. The number of allylic oxidation sites excluding steroid dienone is 1. The van der Waals surface area contributed by atoms with Crippen LogP contribution in [0.25, 0.3) is 0 Å². The van der Waals surface area contributed by atoms with E-state index in [0.29, 0.717) is 12.0 Å². The maximum Gasteiger partial charge on any atom is 0.387 e. The van der Waals surface area contributed by atoms with E-state index in [2.05, 4.69) is 11.3 Å². The lowest BCUT2D eigenvalue weighted by Gasteiger charge is -2.11. The number of alkyl halides is 2. The molecule has 1 atom stereocenters. The number of halogens is 2. The molecule has 0 aliphatic heterocycles. The molecular weight excluding hydrogens is 226 g/mol. The van der Waals surface area contributed by atoms with E-state index in [1.165, 1.54) is 12.1 Å². The average molecular weight is 242 g/mol. The van der Waals surface area contributed by atoms with Gasteiger partial charge in [-0.05, 0) is 37.5 Å². The fourth-order valence-electron chi connectivity index (χ4n) is 1.42. The molecule has 0 aliphatic rings. The molecule has 1 aromatic rings. The molecule has 0 radical (unpaired) electrons. The Labute approximate surface area is 99.5 Å². The molecule has 1 aromatic carbocycles. The number of hydrogen-bond acceptors (Lipinski definition) is 2. The normalized spacial score (nSPS) is 12.5. The molecular formula is C13H16F2O2. The van der Waals surface area contributed by atoms with Crippen LogP contribution in [-0.2, 0) is 0 Å². The van der Waals surface area contributed by atoms with E-state index in [0.717, 1.165) is 12.0 Å². The Morgan fingerprint density at radius 3 is 2.41 bits per heavy atom. The smallest absolute Gasteiger partial charge is 0.387 e. The van der Waals surface area contributed by atoms with Crippen LogP contribution in [0, 0.1) is 0 Å². The molecule has 1 N–H and O–H groups in total. The number of ether oxygens (including phenoxy) is 1. The van der Waals surface area contributed by atoms with Gasteiger partial charge in [0.2, 0.25) is 0 Å². The zero-order valence-corrected chi connectivity index (χ0v) is 9.70. The third-order valence-corrected chi connectivity index (χ3v) is 2.33. The van der Waals surface area contributed by atoms with Crippen LogP contribution in [0.3, 0.4) is 0 Å². The van der Waals surface area contributed by atoms with Crippen molar-refractivity contribution in [2.75, 3.05) is 0 Å². The molecule has 0 bridgehead atoms. The summed E-state index contributed by atoms with van der Waals surface area (Å²) >= 11 is 0. The van der Waals surface area contributed by atoms with E-state index in [1.54, 1.807) is 12.1 Å². The van der Waals surface area contributed by atoms with E-state index in [9.17, 15) is 13.9 Å². The minimum Gasteiger partial charge on any atom is -0.435 e. The summed E-state index contributed by atoms with van der Waals surface area (Å²) in [5.74, 6) is 0.0934. The first-order valence-corrected chi connectivity index (χ1v) is 5.36. The number of hydrogen-bond donors (Lipinski definition) is 1. The second-order valence-electron chi connectivity index (χ2n) is 3.96. The SMILES string of the molecule is C=C(C)CCC(O)c1ccc(OC(F)F)cc1. The van der Waals surface area contributed by atoms with Gasteiger partial charge in [-0.25, -0.2) is 0 Å². The molecule has 0 saturated carbocycles. The second-order valence-corrected chi connectivity index (χ2v) is 3.96. The van der Waals surface area contributed by atoms with E-state index in [1.807, 2.05) is 6.92 Å². The Morgan fingerprint density at radius 2 is 1.94 bits per heavy atom. The van der Waals surface area contributed by atoms with Crippen LogP contribution in [0.4, 0.5) is 8.78 Å². The van der Waals surface area contributed by atoms with Crippen LogP contribution in [0.2, 0.25) is 0 Å². The Kier molecular flexibility index (Phi) is 5.10. The highest BCUT2D eigenvalue weighted by molar-refractivity contribution is 5.28. The first kappa shape index (κ1) is 13.6. The lowest BCUT2D eigenvalue weighted by atomic mass is 10.0. The lowest BCUT2D eigenvalue weighted by Crippen LogP contribution is -2.02. The van der Waals surface area contributed by atoms with Crippen LogP contribution >= 0.6 is 0 Å². The van der Waals surface area contributed by atoms with Crippen LogP contribution in [0.15, 0.2) is 36.4 Å². The van der Waals surface area contributed by atoms with Crippen molar-refractivity contribution in [1.82, 2.24) is 0 Å². The molecule has 2 nitrogen and oxygen atoms in total. The summed E-state index contributed by atoms with van der Waals surface area (Å²) in [7, 11) is 0. The number of aliphatic hydroxyl groups excluding tert-OH is 1. The third kappa shape index (κ3) is 4.95. The van der Waals surface area contributed by atoms with Crippen molar-refractivity contribution in [2.24, 2.45) is 0 Å². The fraction of sp³-hybridized carbons (Fsp3) is 0.385. The Hall–Kier alpha value is -1.42. The van der Waals surface area contributed by atoms with E-state index < -0.39 is 12.7 Å². The summed E-state index contributed by atoms with van der Waals surface area (Å²) in [6.45, 7) is 2.82. The molecule has 1 unspecified atom stereocenters. The van der Waals surface area contributed by atoms with Gasteiger partial charge in [0.1, 0.15) is 5.75 Å². The number of aliphatic hydroxyl groups is 1. The molecule has 0 amide bonds. The Morgan fingerprint density at radius 1 is 1.35 bits per heavy atom. The van der Waals surface area contributed by atoms with Crippen molar-refractivity contribution >= 4 is 0 Å². The summed E-state index contributed by atoms with van der Waals surface area (Å²) in [5, 5.41) is 9.81. The second kappa shape index (κ2) is 6.35. The van der Waals surface area contributed by atoms with Crippen molar-refractivity contribution in [3.05, 3.63) is 42.0 Å². The van der Waals surface area contributed by atoms with Gasteiger partial charge < -0.3 is 9.84 Å². The minimum atomic E-state index is -2.82. The van der Waals surface area contributed by atoms with E-state index in [-0.39, 0.29) is 5.75 Å². The Balaban J connectivity index is 2.57. The van der Waals surface area contributed by atoms with Gasteiger partial charge in [0, 0.05) is 0 Å². The van der Waals surface area contributed by atoms with Crippen LogP contribution in [-0.4, -0.2) is 11.7 Å². The molecule has 94 valence electrons. The van der Waals surface area contributed by atoms with Gasteiger partial charge >= 0.3 is 6.61 Å². The molecule has 0 saturated heterocycles. The molecule has 0 heterocycles. The first-order chi connectivity index (χ1) is 7.99. The van der Waals surface area contributed by atoms with Crippen LogP contribution in [0.1, 0.15) is 31.4 Å². The highest BCUT2D eigenvalue weighted by Crippen LogP contribution is 2.23. The largest absolute Gasteiger partial charge is 0.435 e. The zero-order valence-electron chi connectivity index (χ0n) is 9.70. The van der Waals surface area contributed by atoms with Crippen molar-refractivity contribution < 1.29 is 18.6 Å². The zero-order chi connectivity index (χ0) is 12.8. The maximum absolute atomic E-state index is 11.9. The van der Waals surface area contributed by atoms with Gasteiger partial charge in [0.15, 0.2) is 0 Å². The predicted octanol–water partition coefficient (Wildman–Crippen LogP) is 3.68. The van der Waals surface area contributed by atoms with Gasteiger partial charge in [-0.15, -0.1) is 6.58 Å². The van der Waals surface area contributed by atoms with Gasteiger partial charge in [-0.1, -0.05) is 17.7 Å². The van der Waals surface area contributed by atoms with Crippen molar-refractivity contribution in [3.63, 3.8) is 0 Å². The molecule has 17 heavy (non-hydrogen) atoms. The maximum atomic E-state index is 11.9. The Bertz CT molecular complexity index is 360. The van der Waals surface area contributed by atoms with Gasteiger partial charge in [-0.3, -0.25) is 0 Å². The summed E-state index contributed by atoms with van der Waals surface area (Å²) in [5.41, 5.74) is 1.69. The lowest BCUT2D eigenvalue weighted by molar-refractivity contribution is -0.0498. The molecule has 0 aliphatic carbocycles. The van der Waals surface area contributed by atoms with Crippen LogP contribution < -0.4 is 4.74 Å². The van der Waals surface area contributed by atoms with Crippen LogP contribution in [0.5, 0.6) is 5.75 Å². The van der Waals surface area contributed by atoms with Gasteiger partial charge in [0.25, 0.3) is 0 Å². The van der Waals surface area contributed by atoms with Gasteiger partial charge in [0.05, 0.1) is 6.10 Å². The molecule has 0 aromatic heterocycles.